The Hall–Kier alpha value is -3.14. The van der Waals surface area contributed by atoms with Crippen LogP contribution in [0, 0.1) is 5.92 Å². The first-order chi connectivity index (χ1) is 12.6. The highest BCUT2D eigenvalue weighted by molar-refractivity contribution is 6.13. The van der Waals surface area contributed by atoms with Crippen LogP contribution in [0.25, 0.3) is 11.1 Å². The number of hydrogen-bond acceptors (Lipinski definition) is 3. The molecular weight excluding hydrogens is 326 g/mol. The minimum absolute atomic E-state index is 0.00635. The number of para-hydroxylation sites is 1. The predicted octanol–water partition coefficient (Wildman–Crippen LogP) is 4.87. The van der Waals surface area contributed by atoms with E-state index in [0.717, 1.165) is 22.4 Å². The average molecular weight is 345 g/mol. The molecule has 4 rings (SSSR count). The third-order valence-corrected chi connectivity index (χ3v) is 4.76. The third kappa shape index (κ3) is 2.46. The monoisotopic (exact) mass is 345 g/mol. The van der Waals surface area contributed by atoms with Crippen molar-refractivity contribution >= 4 is 17.4 Å². The van der Waals surface area contributed by atoms with E-state index in [1.807, 2.05) is 62.4 Å². The Balaban J connectivity index is 1.97. The van der Waals surface area contributed by atoms with Crippen molar-refractivity contribution in [1.82, 2.24) is 0 Å². The molecule has 4 nitrogen and oxygen atoms in total. The molecule has 3 aromatic rings. The smallest absolute Gasteiger partial charge is 0.294 e. The highest BCUT2D eigenvalue weighted by Gasteiger charge is 2.40. The molecule has 1 atom stereocenters. The largest absolute Gasteiger partial charge is 0.459 e. The van der Waals surface area contributed by atoms with Crippen LogP contribution in [0.15, 0.2) is 71.3 Å². The second kappa shape index (κ2) is 6.30. The average Bonchev–Trinajstić information content (AvgIpc) is 3.20. The number of rotatable bonds is 3. The zero-order valence-corrected chi connectivity index (χ0v) is 14.7. The van der Waals surface area contributed by atoms with Crippen LogP contribution >= 0.6 is 0 Å². The molecule has 2 heterocycles. The number of Topliss-reactive ketones (excluding diaryl/α,β-unsaturated/α-hetero) is 1. The lowest BCUT2D eigenvalue weighted by molar-refractivity contribution is -0.123. The van der Waals surface area contributed by atoms with Gasteiger partial charge in [0.15, 0.2) is 11.5 Å². The van der Waals surface area contributed by atoms with E-state index in [1.165, 1.54) is 6.26 Å². The summed E-state index contributed by atoms with van der Waals surface area (Å²) in [5, 5.41) is 0. The molecule has 0 radical (unpaired) electrons. The second-order valence-corrected chi connectivity index (χ2v) is 6.72. The predicted molar refractivity (Wildman–Crippen MR) is 100.0 cm³/mol. The molecule has 4 heteroatoms. The van der Waals surface area contributed by atoms with Gasteiger partial charge in [0.25, 0.3) is 5.91 Å². The van der Waals surface area contributed by atoms with Gasteiger partial charge in [0, 0.05) is 11.5 Å². The lowest BCUT2D eigenvalue weighted by atomic mass is 9.83. The van der Waals surface area contributed by atoms with Crippen LogP contribution in [0.5, 0.6) is 0 Å². The summed E-state index contributed by atoms with van der Waals surface area (Å²) in [7, 11) is 0. The Bertz CT molecular complexity index is 973. The maximum atomic E-state index is 13.3. The second-order valence-electron chi connectivity index (χ2n) is 6.72. The minimum Gasteiger partial charge on any atom is -0.459 e. The molecule has 1 aromatic heterocycles. The molecule has 0 N–H and O–H groups in total. The summed E-state index contributed by atoms with van der Waals surface area (Å²) in [5.74, 6) is -0.284. The molecular formula is C22H19NO3. The van der Waals surface area contributed by atoms with E-state index in [0.29, 0.717) is 0 Å². The van der Waals surface area contributed by atoms with Crippen molar-refractivity contribution in [3.8, 4) is 11.1 Å². The van der Waals surface area contributed by atoms with Crippen molar-refractivity contribution in [3.05, 3.63) is 78.3 Å². The Morgan fingerprint density at radius 1 is 0.923 bits per heavy atom. The molecule has 1 unspecified atom stereocenters. The van der Waals surface area contributed by atoms with Crippen molar-refractivity contribution in [3.63, 3.8) is 0 Å². The summed E-state index contributed by atoms with van der Waals surface area (Å²) < 4.78 is 5.34. The first-order valence-corrected chi connectivity index (χ1v) is 8.68. The van der Waals surface area contributed by atoms with Gasteiger partial charge >= 0.3 is 0 Å². The van der Waals surface area contributed by atoms with Crippen molar-refractivity contribution in [2.75, 3.05) is 4.90 Å². The third-order valence-electron chi connectivity index (χ3n) is 4.76. The van der Waals surface area contributed by atoms with Gasteiger partial charge in [-0.2, -0.15) is 0 Å². The molecule has 1 aliphatic heterocycles. The number of hydrogen-bond donors (Lipinski definition) is 0. The number of anilines is 1. The van der Waals surface area contributed by atoms with E-state index in [4.69, 9.17) is 4.42 Å². The molecule has 0 saturated heterocycles. The van der Waals surface area contributed by atoms with E-state index in [-0.39, 0.29) is 23.4 Å². The number of benzene rings is 2. The van der Waals surface area contributed by atoms with Gasteiger partial charge in [-0.1, -0.05) is 56.3 Å². The van der Waals surface area contributed by atoms with Crippen LogP contribution in [0.4, 0.5) is 5.69 Å². The van der Waals surface area contributed by atoms with Crippen LogP contribution in [-0.4, -0.2) is 11.7 Å². The number of nitrogens with zero attached hydrogens (tertiary/aromatic N) is 1. The lowest BCUT2D eigenvalue weighted by Gasteiger charge is -2.38. The Morgan fingerprint density at radius 2 is 1.62 bits per heavy atom. The fourth-order valence-corrected chi connectivity index (χ4v) is 3.51. The van der Waals surface area contributed by atoms with Crippen LogP contribution in [0.2, 0.25) is 0 Å². The molecule has 0 bridgehead atoms. The van der Waals surface area contributed by atoms with Crippen LogP contribution in [-0.2, 0) is 4.79 Å². The normalized spacial score (nSPS) is 15.5. The van der Waals surface area contributed by atoms with E-state index >= 15 is 0 Å². The van der Waals surface area contributed by atoms with Gasteiger partial charge in [-0.15, -0.1) is 0 Å². The van der Waals surface area contributed by atoms with Gasteiger partial charge < -0.3 is 4.42 Å². The summed E-state index contributed by atoms with van der Waals surface area (Å²) in [4.78, 5) is 28.0. The van der Waals surface area contributed by atoms with Gasteiger partial charge in [-0.3, -0.25) is 14.5 Å². The molecule has 0 fully saturated rings. The summed E-state index contributed by atoms with van der Waals surface area (Å²) in [6.45, 7) is 3.72. The number of fused-ring (bicyclic) bond motifs is 3. The summed E-state index contributed by atoms with van der Waals surface area (Å²) >= 11 is 0. The Morgan fingerprint density at radius 3 is 2.31 bits per heavy atom. The van der Waals surface area contributed by atoms with Crippen molar-refractivity contribution in [2.45, 2.75) is 19.9 Å². The topological polar surface area (TPSA) is 50.5 Å². The number of carbonyl (C=O) groups is 2. The van der Waals surface area contributed by atoms with Crippen molar-refractivity contribution in [1.29, 1.82) is 0 Å². The molecule has 2 aromatic carbocycles. The maximum absolute atomic E-state index is 13.3. The van der Waals surface area contributed by atoms with Crippen LogP contribution in [0.3, 0.4) is 0 Å². The zero-order valence-electron chi connectivity index (χ0n) is 14.7. The highest BCUT2D eigenvalue weighted by atomic mass is 16.3. The van der Waals surface area contributed by atoms with E-state index < -0.39 is 6.04 Å². The first-order valence-electron chi connectivity index (χ1n) is 8.68. The standard InChI is InChI=1S/C22H19NO3/c1-14(2)21(24)20-17-10-4-3-8-15(17)16-9-5-6-11-18(16)23(20)22(25)19-12-7-13-26-19/h3-14,20H,1-2H3. The molecule has 1 amide bonds. The van der Waals surface area contributed by atoms with Gasteiger partial charge in [-0.25, -0.2) is 0 Å². The molecule has 130 valence electrons. The van der Waals surface area contributed by atoms with Gasteiger partial charge in [-0.05, 0) is 29.3 Å². The van der Waals surface area contributed by atoms with E-state index in [1.54, 1.807) is 17.0 Å². The molecule has 1 aliphatic rings. The van der Waals surface area contributed by atoms with E-state index in [2.05, 4.69) is 0 Å². The van der Waals surface area contributed by atoms with Gasteiger partial charge in [0.05, 0.1) is 12.0 Å². The zero-order chi connectivity index (χ0) is 18.3. The fraction of sp³-hybridized carbons (Fsp3) is 0.182. The number of ketones is 1. The van der Waals surface area contributed by atoms with Crippen LogP contribution in [0.1, 0.15) is 36.0 Å². The lowest BCUT2D eigenvalue weighted by Crippen LogP contribution is -2.42. The first kappa shape index (κ1) is 16.3. The van der Waals surface area contributed by atoms with Crippen molar-refractivity contribution in [2.24, 2.45) is 5.92 Å². The molecule has 0 aliphatic carbocycles. The highest BCUT2D eigenvalue weighted by Crippen LogP contribution is 2.46. The maximum Gasteiger partial charge on any atom is 0.294 e. The molecule has 0 spiro atoms. The van der Waals surface area contributed by atoms with Gasteiger partial charge in [0.2, 0.25) is 0 Å². The molecule has 26 heavy (non-hydrogen) atoms. The minimum atomic E-state index is -0.668. The number of amides is 1. The van der Waals surface area contributed by atoms with Gasteiger partial charge in [0.1, 0.15) is 6.04 Å². The van der Waals surface area contributed by atoms with E-state index in [9.17, 15) is 9.59 Å². The fourth-order valence-electron chi connectivity index (χ4n) is 3.51. The SMILES string of the molecule is CC(C)C(=O)C1c2ccccc2-c2ccccc2N1C(=O)c1ccco1. The van der Waals surface area contributed by atoms with Crippen molar-refractivity contribution < 1.29 is 14.0 Å². The number of furan rings is 1. The summed E-state index contributed by atoms with van der Waals surface area (Å²) in [5.41, 5.74) is 3.51. The quantitative estimate of drug-likeness (QED) is 0.680. The Labute approximate surface area is 152 Å². The number of carbonyl (C=O) groups excluding carboxylic acids is 2. The summed E-state index contributed by atoms with van der Waals surface area (Å²) in [6, 6.07) is 18.1. The summed E-state index contributed by atoms with van der Waals surface area (Å²) in [6.07, 6.45) is 1.47. The van der Waals surface area contributed by atoms with Crippen LogP contribution < -0.4 is 4.90 Å². The Kier molecular flexibility index (Phi) is 3.96. The molecule has 0 saturated carbocycles.